The largest absolute Gasteiger partial charge is 0.491 e. The van der Waals surface area contributed by atoms with Gasteiger partial charge in [-0.3, -0.25) is 0 Å². The molecule has 3 nitrogen and oxygen atoms in total. The molecule has 17 heavy (non-hydrogen) atoms. The second kappa shape index (κ2) is 4.57. The zero-order valence-electron chi connectivity index (χ0n) is 10.7. The van der Waals surface area contributed by atoms with E-state index >= 15 is 0 Å². The van der Waals surface area contributed by atoms with E-state index in [1.54, 1.807) is 0 Å². The molecule has 0 aromatic heterocycles. The van der Waals surface area contributed by atoms with Crippen LogP contribution in [0.25, 0.3) is 0 Å². The fourth-order valence-corrected chi connectivity index (χ4v) is 1.96. The summed E-state index contributed by atoms with van der Waals surface area (Å²) >= 11 is 0. The van der Waals surface area contributed by atoms with Crippen molar-refractivity contribution in [2.75, 3.05) is 5.73 Å². The number of benzene rings is 1. The van der Waals surface area contributed by atoms with E-state index in [0.717, 1.165) is 37.1 Å². The van der Waals surface area contributed by atoms with Crippen molar-refractivity contribution in [3.8, 4) is 5.75 Å². The van der Waals surface area contributed by atoms with Gasteiger partial charge < -0.3 is 16.2 Å². The van der Waals surface area contributed by atoms with E-state index in [1.165, 1.54) is 5.56 Å². The lowest BCUT2D eigenvalue weighted by molar-refractivity contribution is 0.239. The van der Waals surface area contributed by atoms with Gasteiger partial charge in [0.15, 0.2) is 0 Å². The Morgan fingerprint density at radius 2 is 2.06 bits per heavy atom. The van der Waals surface area contributed by atoms with E-state index < -0.39 is 0 Å². The molecule has 1 aromatic carbocycles. The van der Waals surface area contributed by atoms with Gasteiger partial charge in [-0.05, 0) is 63.3 Å². The summed E-state index contributed by atoms with van der Waals surface area (Å²) in [5.74, 6) is 0.943. The van der Waals surface area contributed by atoms with Crippen LogP contribution in [-0.4, -0.2) is 11.6 Å². The molecule has 94 valence electrons. The van der Waals surface area contributed by atoms with Crippen LogP contribution in [0, 0.1) is 0 Å². The molecule has 0 radical (unpaired) electrons. The van der Waals surface area contributed by atoms with Crippen LogP contribution in [0.3, 0.4) is 0 Å². The third-order valence-corrected chi connectivity index (χ3v) is 3.23. The van der Waals surface area contributed by atoms with Gasteiger partial charge >= 0.3 is 0 Å². The van der Waals surface area contributed by atoms with Crippen molar-refractivity contribution in [2.45, 2.75) is 51.2 Å². The molecule has 4 N–H and O–H groups in total. The molecule has 1 fully saturated rings. The molecule has 0 unspecified atom stereocenters. The second-order valence-corrected chi connectivity index (χ2v) is 5.40. The molecule has 0 amide bonds. The van der Waals surface area contributed by atoms with Crippen LogP contribution in [0.5, 0.6) is 5.75 Å². The average Bonchev–Trinajstić information content (AvgIpc) is 2.97. The lowest BCUT2D eigenvalue weighted by Crippen LogP contribution is -2.22. The maximum atomic E-state index is 6.11. The number of ether oxygens (including phenoxy) is 1. The summed E-state index contributed by atoms with van der Waals surface area (Å²) in [6.07, 6.45) is 4.45. The highest BCUT2D eigenvalue weighted by Crippen LogP contribution is 2.37. The standard InChI is InChI=1S/C14H22N2O/c1-10(2)17-13-4-3-12(15)9-11(13)5-6-14(16)7-8-14/h3-4,9-10H,5-8,15-16H2,1-2H3. The molecule has 1 aliphatic carbocycles. The van der Waals surface area contributed by atoms with E-state index in [4.69, 9.17) is 16.2 Å². The Hall–Kier alpha value is -1.22. The molecular weight excluding hydrogens is 212 g/mol. The van der Waals surface area contributed by atoms with Gasteiger partial charge in [-0.25, -0.2) is 0 Å². The first-order valence-corrected chi connectivity index (χ1v) is 6.32. The van der Waals surface area contributed by atoms with Crippen LogP contribution in [0.2, 0.25) is 0 Å². The highest BCUT2D eigenvalue weighted by atomic mass is 16.5. The number of aryl methyl sites for hydroxylation is 1. The molecule has 0 saturated heterocycles. The van der Waals surface area contributed by atoms with Gasteiger partial charge in [-0.1, -0.05) is 0 Å². The van der Waals surface area contributed by atoms with Gasteiger partial charge in [0.2, 0.25) is 0 Å². The molecule has 0 aliphatic heterocycles. The van der Waals surface area contributed by atoms with Crippen molar-refractivity contribution in [1.29, 1.82) is 0 Å². The van der Waals surface area contributed by atoms with Gasteiger partial charge in [0.05, 0.1) is 6.10 Å². The van der Waals surface area contributed by atoms with Crippen LogP contribution < -0.4 is 16.2 Å². The molecule has 0 spiro atoms. The maximum absolute atomic E-state index is 6.11. The minimum Gasteiger partial charge on any atom is -0.491 e. The van der Waals surface area contributed by atoms with Crippen molar-refractivity contribution in [1.82, 2.24) is 0 Å². The van der Waals surface area contributed by atoms with Crippen molar-refractivity contribution < 1.29 is 4.74 Å². The summed E-state index contributed by atoms with van der Waals surface area (Å²) in [7, 11) is 0. The highest BCUT2D eigenvalue weighted by molar-refractivity contribution is 5.48. The summed E-state index contributed by atoms with van der Waals surface area (Å²) in [6.45, 7) is 4.07. The fourth-order valence-electron chi connectivity index (χ4n) is 1.96. The smallest absolute Gasteiger partial charge is 0.123 e. The Kier molecular flexibility index (Phi) is 3.29. The van der Waals surface area contributed by atoms with Gasteiger partial charge in [-0.15, -0.1) is 0 Å². The predicted molar refractivity (Wildman–Crippen MR) is 71.1 cm³/mol. The quantitative estimate of drug-likeness (QED) is 0.769. The molecule has 2 rings (SSSR count). The van der Waals surface area contributed by atoms with Crippen molar-refractivity contribution >= 4 is 5.69 Å². The summed E-state index contributed by atoms with van der Waals surface area (Å²) in [4.78, 5) is 0. The van der Waals surface area contributed by atoms with E-state index in [-0.39, 0.29) is 11.6 Å². The van der Waals surface area contributed by atoms with Crippen LogP contribution >= 0.6 is 0 Å². The minimum absolute atomic E-state index is 0.0830. The summed E-state index contributed by atoms with van der Waals surface area (Å²) in [5, 5.41) is 0. The first kappa shape index (κ1) is 12.2. The molecule has 0 atom stereocenters. The number of anilines is 1. The zero-order valence-corrected chi connectivity index (χ0v) is 10.7. The minimum atomic E-state index is 0.0830. The predicted octanol–water partition coefficient (Wildman–Crippen LogP) is 2.48. The van der Waals surface area contributed by atoms with Gasteiger partial charge in [-0.2, -0.15) is 0 Å². The molecule has 0 bridgehead atoms. The van der Waals surface area contributed by atoms with Crippen LogP contribution in [-0.2, 0) is 6.42 Å². The fraction of sp³-hybridized carbons (Fsp3) is 0.571. The SMILES string of the molecule is CC(C)Oc1ccc(N)cc1CCC1(N)CC1. The average molecular weight is 234 g/mol. The van der Waals surface area contributed by atoms with E-state index in [9.17, 15) is 0 Å². The lowest BCUT2D eigenvalue weighted by Gasteiger charge is -2.16. The number of hydrogen-bond donors (Lipinski definition) is 2. The molecule has 1 aliphatic rings. The number of rotatable bonds is 5. The van der Waals surface area contributed by atoms with Gasteiger partial charge in [0.1, 0.15) is 5.75 Å². The Bertz CT molecular complexity index is 397. The third kappa shape index (κ3) is 3.37. The normalized spacial score (nSPS) is 17.2. The molecule has 1 saturated carbocycles. The third-order valence-electron chi connectivity index (χ3n) is 3.23. The Morgan fingerprint density at radius 3 is 2.65 bits per heavy atom. The summed E-state index contributed by atoms with van der Waals surface area (Å²) in [5.41, 5.74) is 14.0. The molecule has 0 heterocycles. The van der Waals surface area contributed by atoms with Crippen molar-refractivity contribution in [3.63, 3.8) is 0 Å². The molecule has 3 heteroatoms. The topological polar surface area (TPSA) is 61.3 Å². The van der Waals surface area contributed by atoms with Gasteiger partial charge in [0, 0.05) is 11.2 Å². The molecular formula is C14H22N2O. The number of hydrogen-bond acceptors (Lipinski definition) is 3. The Morgan fingerprint density at radius 1 is 1.35 bits per heavy atom. The molecule has 1 aromatic rings. The van der Waals surface area contributed by atoms with Gasteiger partial charge in [0.25, 0.3) is 0 Å². The first-order chi connectivity index (χ1) is 7.98. The first-order valence-electron chi connectivity index (χ1n) is 6.32. The Labute approximate surface area is 103 Å². The lowest BCUT2D eigenvalue weighted by atomic mass is 10.0. The maximum Gasteiger partial charge on any atom is 0.123 e. The van der Waals surface area contributed by atoms with Crippen LogP contribution in [0.15, 0.2) is 18.2 Å². The Balaban J connectivity index is 2.08. The van der Waals surface area contributed by atoms with E-state index in [0.29, 0.717) is 0 Å². The summed E-state index contributed by atoms with van der Waals surface area (Å²) < 4.78 is 5.79. The van der Waals surface area contributed by atoms with Crippen molar-refractivity contribution in [2.24, 2.45) is 5.73 Å². The second-order valence-electron chi connectivity index (χ2n) is 5.40. The van der Waals surface area contributed by atoms with Crippen LogP contribution in [0.1, 0.15) is 38.7 Å². The van der Waals surface area contributed by atoms with Crippen molar-refractivity contribution in [3.05, 3.63) is 23.8 Å². The van der Waals surface area contributed by atoms with E-state index in [2.05, 4.69) is 0 Å². The highest BCUT2D eigenvalue weighted by Gasteiger charge is 2.37. The zero-order chi connectivity index (χ0) is 12.5. The monoisotopic (exact) mass is 234 g/mol. The van der Waals surface area contributed by atoms with E-state index in [1.807, 2.05) is 32.0 Å². The van der Waals surface area contributed by atoms with Crippen LogP contribution in [0.4, 0.5) is 5.69 Å². The number of nitrogens with two attached hydrogens (primary N) is 2. The summed E-state index contributed by atoms with van der Waals surface area (Å²) in [6, 6.07) is 5.85. The number of nitrogen functional groups attached to an aromatic ring is 1.